The monoisotopic (exact) mass is 273 g/mol. The van der Waals surface area contributed by atoms with E-state index in [0.29, 0.717) is 6.04 Å². The number of carbonyl (C=O) groups is 1. The van der Waals surface area contributed by atoms with Crippen molar-refractivity contribution in [2.24, 2.45) is 0 Å². The van der Waals surface area contributed by atoms with E-state index in [-0.39, 0.29) is 5.91 Å². The molecular formula is C16H23N3O. The first-order valence-electron chi connectivity index (χ1n) is 7.47. The standard InChI is InChI=1S/C16H23N3O/c1-18-9-3-4-14(11-18)19(2)16(20)13-6-5-12-7-8-17-15(12)10-13/h5-6,10,14,17H,3-4,7-9,11H2,1-2H3. The summed E-state index contributed by atoms with van der Waals surface area (Å²) < 4.78 is 0. The number of nitrogens with zero attached hydrogens (tertiary/aromatic N) is 2. The highest BCUT2D eigenvalue weighted by Crippen LogP contribution is 2.24. The molecule has 1 fully saturated rings. The van der Waals surface area contributed by atoms with Crippen molar-refractivity contribution in [1.82, 2.24) is 9.80 Å². The van der Waals surface area contributed by atoms with E-state index in [0.717, 1.165) is 43.7 Å². The SMILES string of the molecule is CN1CCCC(N(C)C(=O)c2ccc3c(c2)NCC3)C1. The lowest BCUT2D eigenvalue weighted by molar-refractivity contribution is 0.0644. The Labute approximate surface area is 120 Å². The average molecular weight is 273 g/mol. The lowest BCUT2D eigenvalue weighted by atomic mass is 10.0. The summed E-state index contributed by atoms with van der Waals surface area (Å²) in [5, 5.41) is 3.34. The van der Waals surface area contributed by atoms with E-state index < -0.39 is 0 Å². The normalized spacial score (nSPS) is 22.2. The summed E-state index contributed by atoms with van der Waals surface area (Å²) in [6, 6.07) is 6.40. The summed E-state index contributed by atoms with van der Waals surface area (Å²) in [6.07, 6.45) is 3.34. The molecule has 1 aromatic carbocycles. The van der Waals surface area contributed by atoms with Gasteiger partial charge in [0.2, 0.25) is 0 Å². The zero-order chi connectivity index (χ0) is 14.1. The molecule has 0 spiro atoms. The number of carbonyl (C=O) groups excluding carboxylic acids is 1. The molecule has 4 heteroatoms. The minimum atomic E-state index is 0.141. The second kappa shape index (κ2) is 5.44. The van der Waals surface area contributed by atoms with Crippen molar-refractivity contribution in [3.05, 3.63) is 29.3 Å². The molecule has 2 aliphatic heterocycles. The van der Waals surface area contributed by atoms with Crippen LogP contribution in [0.3, 0.4) is 0 Å². The highest BCUT2D eigenvalue weighted by molar-refractivity contribution is 5.95. The van der Waals surface area contributed by atoms with E-state index in [1.165, 1.54) is 12.0 Å². The zero-order valence-electron chi connectivity index (χ0n) is 12.4. The van der Waals surface area contributed by atoms with Gasteiger partial charge >= 0.3 is 0 Å². The van der Waals surface area contributed by atoms with Gasteiger partial charge in [0.15, 0.2) is 0 Å². The van der Waals surface area contributed by atoms with Crippen LogP contribution < -0.4 is 5.32 Å². The molecule has 0 saturated carbocycles. The lowest BCUT2D eigenvalue weighted by Crippen LogP contribution is -2.47. The van der Waals surface area contributed by atoms with Gasteiger partial charge in [-0.05, 0) is 50.6 Å². The van der Waals surface area contributed by atoms with Crippen LogP contribution in [-0.2, 0) is 6.42 Å². The van der Waals surface area contributed by atoms with Gasteiger partial charge in [0.1, 0.15) is 0 Å². The summed E-state index contributed by atoms with van der Waals surface area (Å²) in [5.74, 6) is 0.141. The van der Waals surface area contributed by atoms with E-state index in [2.05, 4.69) is 23.3 Å². The van der Waals surface area contributed by atoms with Gasteiger partial charge in [0.25, 0.3) is 5.91 Å². The van der Waals surface area contributed by atoms with Crippen LogP contribution in [0, 0.1) is 0 Å². The van der Waals surface area contributed by atoms with Crippen molar-refractivity contribution in [3.8, 4) is 0 Å². The molecule has 0 aromatic heterocycles. The van der Waals surface area contributed by atoms with Gasteiger partial charge in [-0.3, -0.25) is 4.79 Å². The third kappa shape index (κ3) is 2.52. The highest BCUT2D eigenvalue weighted by atomic mass is 16.2. The van der Waals surface area contributed by atoms with E-state index >= 15 is 0 Å². The Kier molecular flexibility index (Phi) is 3.66. The van der Waals surface area contributed by atoms with Crippen LogP contribution in [0.25, 0.3) is 0 Å². The third-order valence-electron chi connectivity index (χ3n) is 4.53. The second-order valence-corrected chi connectivity index (χ2v) is 6.02. The highest BCUT2D eigenvalue weighted by Gasteiger charge is 2.25. The molecular weight excluding hydrogens is 250 g/mol. The lowest BCUT2D eigenvalue weighted by Gasteiger charge is -2.36. The number of likely N-dealkylation sites (N-methyl/N-ethyl adjacent to an activating group) is 2. The first kappa shape index (κ1) is 13.4. The largest absolute Gasteiger partial charge is 0.384 e. The maximum atomic E-state index is 12.6. The second-order valence-electron chi connectivity index (χ2n) is 6.02. The first-order valence-corrected chi connectivity index (χ1v) is 7.47. The van der Waals surface area contributed by atoms with Gasteiger partial charge < -0.3 is 15.1 Å². The number of anilines is 1. The fraction of sp³-hybridized carbons (Fsp3) is 0.562. The molecule has 0 bridgehead atoms. The summed E-state index contributed by atoms with van der Waals surface area (Å²) in [5.41, 5.74) is 3.25. The Morgan fingerprint density at radius 2 is 2.30 bits per heavy atom. The predicted molar refractivity (Wildman–Crippen MR) is 81.2 cm³/mol. The van der Waals surface area contributed by atoms with Gasteiger partial charge in [-0.1, -0.05) is 6.07 Å². The zero-order valence-corrected chi connectivity index (χ0v) is 12.4. The maximum Gasteiger partial charge on any atom is 0.253 e. The van der Waals surface area contributed by atoms with Crippen molar-refractivity contribution >= 4 is 11.6 Å². The Hall–Kier alpha value is -1.55. The van der Waals surface area contributed by atoms with Gasteiger partial charge in [0, 0.05) is 37.4 Å². The number of piperidine rings is 1. The molecule has 1 amide bonds. The minimum Gasteiger partial charge on any atom is -0.384 e. The van der Waals surface area contributed by atoms with Gasteiger partial charge in [-0.15, -0.1) is 0 Å². The average Bonchev–Trinajstić information content (AvgIpc) is 2.93. The van der Waals surface area contributed by atoms with E-state index in [4.69, 9.17) is 0 Å². The molecule has 20 heavy (non-hydrogen) atoms. The number of fused-ring (bicyclic) bond motifs is 1. The topological polar surface area (TPSA) is 35.6 Å². The molecule has 1 saturated heterocycles. The van der Waals surface area contributed by atoms with Gasteiger partial charge in [-0.2, -0.15) is 0 Å². The Morgan fingerprint density at radius 3 is 3.10 bits per heavy atom. The third-order valence-corrected chi connectivity index (χ3v) is 4.53. The van der Waals surface area contributed by atoms with Crippen LogP contribution in [0.4, 0.5) is 5.69 Å². The number of amides is 1. The molecule has 0 aliphatic carbocycles. The van der Waals surface area contributed by atoms with E-state index in [1.54, 1.807) is 0 Å². The number of benzene rings is 1. The Bertz CT molecular complexity index is 514. The number of nitrogens with one attached hydrogen (secondary N) is 1. The minimum absolute atomic E-state index is 0.141. The molecule has 1 unspecified atom stereocenters. The molecule has 0 radical (unpaired) electrons. The number of likely N-dealkylation sites (tertiary alicyclic amines) is 1. The predicted octanol–water partition coefficient (Wildman–Crippen LogP) is 1.82. The Morgan fingerprint density at radius 1 is 1.45 bits per heavy atom. The van der Waals surface area contributed by atoms with E-state index in [9.17, 15) is 4.79 Å². The molecule has 2 heterocycles. The summed E-state index contributed by atoms with van der Waals surface area (Å²) in [4.78, 5) is 16.9. The molecule has 1 atom stereocenters. The number of rotatable bonds is 2. The van der Waals surface area contributed by atoms with Crippen molar-refractivity contribution in [1.29, 1.82) is 0 Å². The van der Waals surface area contributed by atoms with Crippen LogP contribution in [0.1, 0.15) is 28.8 Å². The summed E-state index contributed by atoms with van der Waals surface area (Å²) >= 11 is 0. The van der Waals surface area contributed by atoms with Gasteiger partial charge in [0.05, 0.1) is 0 Å². The smallest absolute Gasteiger partial charge is 0.253 e. The van der Waals surface area contributed by atoms with Crippen LogP contribution in [0.2, 0.25) is 0 Å². The Balaban J connectivity index is 1.74. The number of hydrogen-bond acceptors (Lipinski definition) is 3. The summed E-state index contributed by atoms with van der Waals surface area (Å²) in [6.45, 7) is 3.10. The summed E-state index contributed by atoms with van der Waals surface area (Å²) in [7, 11) is 4.07. The molecule has 108 valence electrons. The van der Waals surface area contributed by atoms with Crippen LogP contribution >= 0.6 is 0 Å². The van der Waals surface area contributed by atoms with Crippen molar-refractivity contribution < 1.29 is 4.79 Å². The molecule has 3 rings (SSSR count). The van der Waals surface area contributed by atoms with Crippen LogP contribution in [-0.4, -0.2) is 55.5 Å². The maximum absolute atomic E-state index is 12.6. The van der Waals surface area contributed by atoms with Crippen molar-refractivity contribution in [3.63, 3.8) is 0 Å². The van der Waals surface area contributed by atoms with E-state index in [1.807, 2.05) is 24.1 Å². The van der Waals surface area contributed by atoms with Crippen LogP contribution in [0.15, 0.2) is 18.2 Å². The molecule has 1 N–H and O–H groups in total. The molecule has 4 nitrogen and oxygen atoms in total. The first-order chi connectivity index (χ1) is 9.65. The van der Waals surface area contributed by atoms with Crippen molar-refractivity contribution in [2.45, 2.75) is 25.3 Å². The molecule has 1 aromatic rings. The van der Waals surface area contributed by atoms with Crippen LogP contribution in [0.5, 0.6) is 0 Å². The fourth-order valence-electron chi connectivity index (χ4n) is 3.25. The number of hydrogen-bond donors (Lipinski definition) is 1. The van der Waals surface area contributed by atoms with Crippen molar-refractivity contribution in [2.75, 3.05) is 39.0 Å². The molecule has 2 aliphatic rings. The fourth-order valence-corrected chi connectivity index (χ4v) is 3.25. The quantitative estimate of drug-likeness (QED) is 0.893. The van der Waals surface area contributed by atoms with Gasteiger partial charge in [-0.25, -0.2) is 0 Å².